The summed E-state index contributed by atoms with van der Waals surface area (Å²) < 4.78 is 31.9. The lowest BCUT2D eigenvalue weighted by molar-refractivity contribution is -0.203. The molecule has 1 aromatic rings. The van der Waals surface area contributed by atoms with Crippen LogP contribution >= 0.6 is 0 Å². The van der Waals surface area contributed by atoms with E-state index in [0.29, 0.717) is 12.4 Å². The number of carbonyl (C=O) groups excluding carboxylic acids is 1. The van der Waals surface area contributed by atoms with Gasteiger partial charge in [0.15, 0.2) is 0 Å². The Bertz CT molecular complexity index is 711. The third-order valence-electron chi connectivity index (χ3n) is 5.12. The van der Waals surface area contributed by atoms with E-state index in [-0.39, 0.29) is 41.4 Å². The van der Waals surface area contributed by atoms with Gasteiger partial charge in [-0.3, -0.25) is 0 Å². The second kappa shape index (κ2) is 7.19. The maximum atomic E-state index is 13.3. The second-order valence-corrected chi connectivity index (χ2v) is 9.72. The van der Waals surface area contributed by atoms with Crippen LogP contribution in [0.15, 0.2) is 24.3 Å². The van der Waals surface area contributed by atoms with E-state index >= 15 is 0 Å². The van der Waals surface area contributed by atoms with Gasteiger partial charge in [-0.1, -0.05) is 20.8 Å². The van der Waals surface area contributed by atoms with E-state index in [4.69, 9.17) is 14.2 Å². The maximum absolute atomic E-state index is 13.3. The first-order chi connectivity index (χ1) is 12.9. The molecule has 0 spiro atoms. The molecule has 3 rings (SSSR count). The van der Waals surface area contributed by atoms with Crippen LogP contribution in [0.5, 0.6) is 5.75 Å². The van der Waals surface area contributed by atoms with E-state index in [1.165, 1.54) is 12.1 Å². The van der Waals surface area contributed by atoms with E-state index in [1.807, 2.05) is 20.8 Å². The number of urea groups is 1. The molecule has 0 saturated carbocycles. The summed E-state index contributed by atoms with van der Waals surface area (Å²) in [5.74, 6) is -0.934. The fraction of sp³-hybridized carbons (Fsp3) is 0.667. The van der Waals surface area contributed by atoms with E-state index in [1.54, 1.807) is 12.1 Å². The minimum absolute atomic E-state index is 0.0625. The van der Waals surface area contributed by atoms with Crippen molar-refractivity contribution in [3.05, 3.63) is 30.1 Å². The van der Waals surface area contributed by atoms with Crippen molar-refractivity contribution in [2.24, 2.45) is 11.3 Å². The highest BCUT2D eigenvalue weighted by atomic mass is 19.1. The fourth-order valence-electron chi connectivity index (χ4n) is 3.88. The molecule has 0 aliphatic carbocycles. The van der Waals surface area contributed by atoms with Crippen LogP contribution in [-0.2, 0) is 9.47 Å². The highest BCUT2D eigenvalue weighted by Gasteiger charge is 2.65. The zero-order valence-electron chi connectivity index (χ0n) is 17.5. The molecule has 0 unspecified atom stereocenters. The summed E-state index contributed by atoms with van der Waals surface area (Å²) in [6.45, 7) is 12.8. The molecule has 2 saturated heterocycles. The molecule has 2 heterocycles. The fourth-order valence-corrected chi connectivity index (χ4v) is 3.88. The van der Waals surface area contributed by atoms with Crippen molar-refractivity contribution in [3.63, 3.8) is 0 Å². The number of rotatable bonds is 3. The van der Waals surface area contributed by atoms with Crippen molar-refractivity contribution >= 4 is 6.03 Å². The number of ether oxygens (including phenoxy) is 3. The molecule has 2 aliphatic heterocycles. The molecular weight excluding hydrogens is 363 g/mol. The topological polar surface area (TPSA) is 68.8 Å². The highest BCUT2D eigenvalue weighted by Crippen LogP contribution is 2.49. The van der Waals surface area contributed by atoms with E-state index in [2.05, 4.69) is 31.4 Å². The lowest BCUT2D eigenvalue weighted by atomic mass is 9.75. The van der Waals surface area contributed by atoms with Gasteiger partial charge in [0.1, 0.15) is 17.7 Å². The van der Waals surface area contributed by atoms with Gasteiger partial charge >= 0.3 is 6.03 Å². The summed E-state index contributed by atoms with van der Waals surface area (Å²) in [5, 5.41) is 5.85. The Balaban J connectivity index is 1.84. The number of carbonyl (C=O) groups is 1. The van der Waals surface area contributed by atoms with Gasteiger partial charge in [0.05, 0.1) is 25.2 Å². The lowest BCUT2D eigenvalue weighted by Gasteiger charge is -2.39. The Kier molecular flexibility index (Phi) is 5.36. The van der Waals surface area contributed by atoms with Crippen LogP contribution in [0.2, 0.25) is 0 Å². The summed E-state index contributed by atoms with van der Waals surface area (Å²) >= 11 is 0. The first-order valence-corrected chi connectivity index (χ1v) is 9.69. The Hall–Kier alpha value is -1.86. The van der Waals surface area contributed by atoms with Crippen molar-refractivity contribution in [1.29, 1.82) is 0 Å². The van der Waals surface area contributed by atoms with Crippen molar-refractivity contribution in [2.75, 3.05) is 13.2 Å². The summed E-state index contributed by atoms with van der Waals surface area (Å²) in [6.07, 6.45) is -0.465. The number of hydrogen-bond donors (Lipinski definition) is 2. The van der Waals surface area contributed by atoms with Crippen LogP contribution in [0, 0.1) is 17.2 Å². The maximum Gasteiger partial charge on any atom is 0.315 e. The number of amides is 2. The minimum atomic E-state index is -1.05. The molecule has 4 atom stereocenters. The van der Waals surface area contributed by atoms with Crippen LogP contribution in [0.1, 0.15) is 41.5 Å². The minimum Gasteiger partial charge on any atom is -0.459 e. The Morgan fingerprint density at radius 3 is 2.36 bits per heavy atom. The second-order valence-electron chi connectivity index (χ2n) is 9.72. The van der Waals surface area contributed by atoms with Crippen LogP contribution in [0.4, 0.5) is 9.18 Å². The van der Waals surface area contributed by atoms with Gasteiger partial charge in [-0.15, -0.1) is 0 Å². The standard InChI is InChI=1S/C21H31FN2O4/c1-19(2,3)16-12-26-17-15(23-18(25)24-20(4,5)6)11-27-21(16,17)28-14-9-7-13(22)8-10-14/h7-10,15-17H,11-12H2,1-6H3,(H2,23,24,25)/t15-,16+,17+,21-/m0/s1. The average molecular weight is 394 g/mol. The molecule has 7 heteroatoms. The number of halogens is 1. The molecule has 0 bridgehead atoms. The van der Waals surface area contributed by atoms with E-state index in [0.717, 1.165) is 0 Å². The van der Waals surface area contributed by atoms with Crippen LogP contribution in [-0.4, -0.2) is 42.7 Å². The molecular formula is C21H31FN2O4. The first kappa shape index (κ1) is 20.9. The summed E-state index contributed by atoms with van der Waals surface area (Å²) in [5.41, 5.74) is -0.507. The molecule has 1 aromatic carbocycles. The molecule has 2 aliphatic rings. The van der Waals surface area contributed by atoms with E-state index in [9.17, 15) is 9.18 Å². The number of fused-ring (bicyclic) bond motifs is 1. The largest absolute Gasteiger partial charge is 0.459 e. The summed E-state index contributed by atoms with van der Waals surface area (Å²) in [6, 6.07) is 5.23. The molecule has 2 amide bonds. The van der Waals surface area contributed by atoms with Gasteiger partial charge < -0.3 is 24.8 Å². The molecule has 28 heavy (non-hydrogen) atoms. The third kappa shape index (κ3) is 4.25. The Labute approximate surface area is 166 Å². The van der Waals surface area contributed by atoms with Crippen molar-refractivity contribution in [2.45, 2.75) is 65.0 Å². The molecule has 2 fully saturated rings. The van der Waals surface area contributed by atoms with Gasteiger partial charge in [0, 0.05) is 5.54 Å². The molecule has 0 aromatic heterocycles. The summed E-state index contributed by atoms with van der Waals surface area (Å²) in [7, 11) is 0. The van der Waals surface area contributed by atoms with Gasteiger partial charge in [-0.05, 0) is 50.5 Å². The average Bonchev–Trinajstić information content (AvgIpc) is 3.05. The first-order valence-electron chi connectivity index (χ1n) is 9.69. The zero-order chi connectivity index (χ0) is 20.7. The SMILES string of the molecule is CC(C)(C)NC(=O)N[C@H]1CO[C@@]2(Oc3ccc(F)cc3)[C@@H]1OC[C@@H]2C(C)(C)C. The number of benzene rings is 1. The summed E-state index contributed by atoms with van der Waals surface area (Å²) in [4.78, 5) is 12.4. The van der Waals surface area contributed by atoms with E-state index < -0.39 is 11.9 Å². The third-order valence-corrected chi connectivity index (χ3v) is 5.12. The number of hydrogen-bond acceptors (Lipinski definition) is 4. The monoisotopic (exact) mass is 394 g/mol. The van der Waals surface area contributed by atoms with Gasteiger partial charge in [-0.25, -0.2) is 9.18 Å². The molecule has 156 valence electrons. The van der Waals surface area contributed by atoms with Gasteiger partial charge in [-0.2, -0.15) is 0 Å². The molecule has 6 nitrogen and oxygen atoms in total. The van der Waals surface area contributed by atoms with Crippen molar-refractivity contribution in [3.8, 4) is 5.75 Å². The quantitative estimate of drug-likeness (QED) is 0.824. The van der Waals surface area contributed by atoms with Crippen molar-refractivity contribution < 1.29 is 23.4 Å². The predicted molar refractivity (Wildman–Crippen MR) is 104 cm³/mol. The van der Waals surface area contributed by atoms with Crippen LogP contribution < -0.4 is 15.4 Å². The van der Waals surface area contributed by atoms with Crippen LogP contribution in [0.3, 0.4) is 0 Å². The normalized spacial score (nSPS) is 30.0. The van der Waals surface area contributed by atoms with Gasteiger partial charge in [0.2, 0.25) is 5.79 Å². The van der Waals surface area contributed by atoms with Crippen LogP contribution in [0.25, 0.3) is 0 Å². The van der Waals surface area contributed by atoms with Gasteiger partial charge in [0.25, 0.3) is 0 Å². The molecule has 0 radical (unpaired) electrons. The lowest BCUT2D eigenvalue weighted by Crippen LogP contribution is -2.57. The zero-order valence-corrected chi connectivity index (χ0v) is 17.5. The number of nitrogens with one attached hydrogen (secondary N) is 2. The molecule has 2 N–H and O–H groups in total. The Morgan fingerprint density at radius 2 is 1.79 bits per heavy atom. The van der Waals surface area contributed by atoms with Crippen molar-refractivity contribution in [1.82, 2.24) is 10.6 Å². The highest BCUT2D eigenvalue weighted by molar-refractivity contribution is 5.75. The predicted octanol–water partition coefficient (Wildman–Crippen LogP) is 3.46. The smallest absolute Gasteiger partial charge is 0.315 e. The Morgan fingerprint density at radius 1 is 1.14 bits per heavy atom.